The van der Waals surface area contributed by atoms with Crippen LogP contribution in [0.25, 0.3) is 0 Å². The van der Waals surface area contributed by atoms with E-state index in [0.29, 0.717) is 0 Å². The zero-order valence-corrected chi connectivity index (χ0v) is 10.5. The Kier molecular flexibility index (Phi) is 4.50. The van der Waals surface area contributed by atoms with Gasteiger partial charge in [-0.05, 0) is 19.6 Å². The topological polar surface area (TPSA) is 72.6 Å². The van der Waals surface area contributed by atoms with Gasteiger partial charge in [0.05, 0.1) is 0 Å². The maximum Gasteiger partial charge on any atom is 0.318 e. The second-order valence-electron chi connectivity index (χ2n) is 3.73. The molecule has 0 aliphatic heterocycles. The standard InChI is InChI=1S/C6H14BrNO4Si/c1-13(2,3)12-5-6(7,4-9)8(10)11/h9H,4-5H2,1-3H3. The summed E-state index contributed by atoms with van der Waals surface area (Å²) in [5, 5.41) is 19.3. The van der Waals surface area contributed by atoms with Gasteiger partial charge in [0.1, 0.15) is 13.2 Å². The van der Waals surface area contributed by atoms with Gasteiger partial charge in [-0.15, -0.1) is 0 Å². The van der Waals surface area contributed by atoms with Gasteiger partial charge in [-0.3, -0.25) is 10.1 Å². The van der Waals surface area contributed by atoms with Crippen molar-refractivity contribution in [3.8, 4) is 0 Å². The van der Waals surface area contributed by atoms with Crippen molar-refractivity contribution in [2.75, 3.05) is 13.2 Å². The molecule has 0 amide bonds. The highest BCUT2D eigenvalue weighted by atomic mass is 79.9. The minimum Gasteiger partial charge on any atom is -0.409 e. The van der Waals surface area contributed by atoms with E-state index in [1.165, 1.54) is 0 Å². The van der Waals surface area contributed by atoms with Crippen molar-refractivity contribution in [1.29, 1.82) is 0 Å². The van der Waals surface area contributed by atoms with Crippen molar-refractivity contribution in [2.24, 2.45) is 0 Å². The Balaban J connectivity index is 4.22. The fourth-order valence-corrected chi connectivity index (χ4v) is 1.48. The predicted molar refractivity (Wildman–Crippen MR) is 55.0 cm³/mol. The van der Waals surface area contributed by atoms with Crippen LogP contribution in [0, 0.1) is 10.1 Å². The molecule has 13 heavy (non-hydrogen) atoms. The van der Waals surface area contributed by atoms with Gasteiger partial charge in [0.25, 0.3) is 0 Å². The molecule has 0 rings (SSSR count). The molecule has 0 bridgehead atoms. The normalized spacial score (nSPS) is 16.7. The Morgan fingerprint density at radius 1 is 1.62 bits per heavy atom. The number of aliphatic hydroxyl groups is 1. The molecular formula is C6H14BrNO4Si. The second-order valence-corrected chi connectivity index (χ2v) is 9.72. The third kappa shape index (κ3) is 4.70. The van der Waals surface area contributed by atoms with Gasteiger partial charge in [-0.25, -0.2) is 0 Å². The lowest BCUT2D eigenvalue weighted by Gasteiger charge is -2.22. The third-order valence-corrected chi connectivity index (χ3v) is 3.08. The zero-order chi connectivity index (χ0) is 10.7. The Labute approximate surface area is 86.5 Å². The van der Waals surface area contributed by atoms with Crippen LogP contribution in [0.15, 0.2) is 0 Å². The zero-order valence-electron chi connectivity index (χ0n) is 7.91. The number of hydrogen-bond donors (Lipinski definition) is 1. The molecule has 0 radical (unpaired) electrons. The lowest BCUT2D eigenvalue weighted by atomic mass is 10.4. The summed E-state index contributed by atoms with van der Waals surface area (Å²) < 4.78 is 3.79. The molecule has 7 heteroatoms. The maximum absolute atomic E-state index is 10.5. The van der Waals surface area contributed by atoms with E-state index in [1.807, 2.05) is 19.6 Å². The molecule has 0 heterocycles. The van der Waals surface area contributed by atoms with E-state index in [4.69, 9.17) is 9.53 Å². The molecule has 1 atom stereocenters. The quantitative estimate of drug-likeness (QED) is 0.268. The minimum absolute atomic E-state index is 0.105. The van der Waals surface area contributed by atoms with Crippen LogP contribution in [0.3, 0.4) is 0 Å². The van der Waals surface area contributed by atoms with Gasteiger partial charge < -0.3 is 9.53 Å². The van der Waals surface area contributed by atoms with E-state index in [0.717, 1.165) is 0 Å². The summed E-state index contributed by atoms with van der Waals surface area (Å²) in [4.78, 5) is 9.93. The number of nitro groups is 1. The second kappa shape index (κ2) is 4.49. The number of hydrogen-bond acceptors (Lipinski definition) is 4. The van der Waals surface area contributed by atoms with Crippen molar-refractivity contribution in [1.82, 2.24) is 0 Å². The summed E-state index contributed by atoms with van der Waals surface area (Å²) >= 11 is 2.85. The third-order valence-electron chi connectivity index (χ3n) is 1.30. The highest BCUT2D eigenvalue weighted by Gasteiger charge is 2.40. The number of nitrogens with zero attached hydrogens (tertiary/aromatic N) is 1. The average molecular weight is 272 g/mol. The van der Waals surface area contributed by atoms with Crippen molar-refractivity contribution in [3.05, 3.63) is 10.1 Å². The molecule has 0 fully saturated rings. The summed E-state index contributed by atoms with van der Waals surface area (Å²) in [5.41, 5.74) is 0. The van der Waals surface area contributed by atoms with Crippen molar-refractivity contribution in [2.45, 2.75) is 24.1 Å². The molecule has 0 saturated carbocycles. The largest absolute Gasteiger partial charge is 0.409 e. The van der Waals surface area contributed by atoms with Gasteiger partial charge in [0.2, 0.25) is 0 Å². The van der Waals surface area contributed by atoms with Gasteiger partial charge in [-0.1, -0.05) is 0 Å². The van der Waals surface area contributed by atoms with E-state index >= 15 is 0 Å². The number of halogens is 1. The van der Waals surface area contributed by atoms with Crippen LogP contribution in [0.4, 0.5) is 0 Å². The molecule has 0 aliphatic carbocycles. The molecule has 0 spiro atoms. The van der Waals surface area contributed by atoms with Gasteiger partial charge in [-0.2, -0.15) is 0 Å². The van der Waals surface area contributed by atoms with Crippen LogP contribution in [0.2, 0.25) is 19.6 Å². The molecular weight excluding hydrogens is 258 g/mol. The highest BCUT2D eigenvalue weighted by Crippen LogP contribution is 2.20. The first kappa shape index (κ1) is 13.0. The number of alkyl halides is 1. The van der Waals surface area contributed by atoms with Crippen LogP contribution >= 0.6 is 15.9 Å². The fraction of sp³-hybridized carbons (Fsp3) is 1.00. The minimum atomic E-state index is -1.77. The first-order valence-electron chi connectivity index (χ1n) is 3.79. The monoisotopic (exact) mass is 271 g/mol. The summed E-state index contributed by atoms with van der Waals surface area (Å²) in [6.07, 6.45) is 0. The first-order chi connectivity index (χ1) is 5.71. The van der Waals surface area contributed by atoms with E-state index in [9.17, 15) is 10.1 Å². The molecule has 0 saturated heterocycles. The highest BCUT2D eigenvalue weighted by molar-refractivity contribution is 9.10. The Morgan fingerprint density at radius 3 is 2.31 bits per heavy atom. The molecule has 0 aromatic rings. The molecule has 5 nitrogen and oxygen atoms in total. The van der Waals surface area contributed by atoms with Gasteiger partial charge >= 0.3 is 4.45 Å². The SMILES string of the molecule is C[Si](C)(C)OCC(Br)(CO)[N+](=O)[O-]. The van der Waals surface area contributed by atoms with E-state index in [-0.39, 0.29) is 6.61 Å². The summed E-state index contributed by atoms with van der Waals surface area (Å²) in [7, 11) is -1.77. The van der Waals surface area contributed by atoms with Crippen LogP contribution in [0.5, 0.6) is 0 Å². The molecule has 78 valence electrons. The first-order valence-corrected chi connectivity index (χ1v) is 8.00. The van der Waals surface area contributed by atoms with Gasteiger partial charge in [0, 0.05) is 20.9 Å². The van der Waals surface area contributed by atoms with Crippen molar-refractivity contribution >= 4 is 24.2 Å². The van der Waals surface area contributed by atoms with Crippen LogP contribution in [-0.4, -0.2) is 36.0 Å². The molecule has 0 aliphatic rings. The maximum atomic E-state index is 10.5. The Hall–Kier alpha value is 0.0169. The van der Waals surface area contributed by atoms with Crippen molar-refractivity contribution in [3.63, 3.8) is 0 Å². The molecule has 1 N–H and O–H groups in total. The lowest BCUT2D eigenvalue weighted by Crippen LogP contribution is -2.43. The molecule has 1 unspecified atom stereocenters. The van der Waals surface area contributed by atoms with Crippen LogP contribution < -0.4 is 0 Å². The van der Waals surface area contributed by atoms with Crippen LogP contribution in [0.1, 0.15) is 0 Å². The lowest BCUT2D eigenvalue weighted by molar-refractivity contribution is -0.541. The van der Waals surface area contributed by atoms with Gasteiger partial charge in [0.15, 0.2) is 8.32 Å². The summed E-state index contributed by atoms with van der Waals surface area (Å²) in [6.45, 7) is 5.10. The van der Waals surface area contributed by atoms with E-state index in [1.54, 1.807) is 0 Å². The van der Waals surface area contributed by atoms with Crippen LogP contribution in [-0.2, 0) is 4.43 Å². The molecule has 0 aromatic carbocycles. The van der Waals surface area contributed by atoms with E-state index < -0.39 is 24.3 Å². The average Bonchev–Trinajstić information content (AvgIpc) is 1.98. The Bertz CT molecular complexity index is 196. The summed E-state index contributed by atoms with van der Waals surface area (Å²) in [5.74, 6) is 0. The smallest absolute Gasteiger partial charge is 0.318 e. The fourth-order valence-electron chi connectivity index (χ4n) is 0.483. The number of aliphatic hydroxyl groups excluding tert-OH is 1. The Morgan fingerprint density at radius 2 is 2.08 bits per heavy atom. The molecule has 0 aromatic heterocycles. The van der Waals surface area contributed by atoms with Crippen molar-refractivity contribution < 1.29 is 14.5 Å². The summed E-state index contributed by atoms with van der Waals surface area (Å²) in [6, 6.07) is 0. The predicted octanol–water partition coefficient (Wildman–Crippen LogP) is 1.20. The number of rotatable bonds is 5. The van der Waals surface area contributed by atoms with E-state index in [2.05, 4.69) is 15.9 Å².